The van der Waals surface area contributed by atoms with Crippen molar-refractivity contribution in [2.45, 2.75) is 0 Å². The molecule has 0 saturated carbocycles. The highest BCUT2D eigenvalue weighted by molar-refractivity contribution is 7.12. The first-order chi connectivity index (χ1) is 7.65. The molecule has 1 amide bonds. The molecule has 0 aliphatic rings. The van der Waals surface area contributed by atoms with Crippen molar-refractivity contribution in [2.75, 3.05) is 5.32 Å². The molecule has 0 radical (unpaired) electrons. The van der Waals surface area contributed by atoms with Crippen LogP contribution in [-0.2, 0) is 0 Å². The van der Waals surface area contributed by atoms with Gasteiger partial charge in [-0.2, -0.15) is 0 Å². The second kappa shape index (κ2) is 4.63. The second-order valence-electron chi connectivity index (χ2n) is 3.09. The van der Waals surface area contributed by atoms with E-state index in [1.807, 2.05) is 0 Å². The van der Waals surface area contributed by atoms with Crippen LogP contribution in [0.15, 0.2) is 35.7 Å². The Hall–Kier alpha value is -1.39. The fourth-order valence-electron chi connectivity index (χ4n) is 1.23. The van der Waals surface area contributed by atoms with E-state index < -0.39 is 5.82 Å². The number of anilines is 1. The zero-order valence-electron chi connectivity index (χ0n) is 8.04. The third kappa shape index (κ3) is 2.59. The van der Waals surface area contributed by atoms with Gasteiger partial charge in [-0.3, -0.25) is 4.79 Å². The third-order valence-corrected chi connectivity index (χ3v) is 2.95. The van der Waals surface area contributed by atoms with Crippen molar-refractivity contribution in [2.24, 2.45) is 0 Å². The lowest BCUT2D eigenvalue weighted by atomic mass is 10.3. The molecular weight excluding hydrogens is 249 g/mol. The Kier molecular flexibility index (Phi) is 3.22. The Morgan fingerprint density at radius 2 is 2.19 bits per heavy atom. The van der Waals surface area contributed by atoms with Gasteiger partial charge < -0.3 is 5.32 Å². The zero-order chi connectivity index (χ0) is 11.5. The predicted molar refractivity (Wildman–Crippen MR) is 63.7 cm³/mol. The Morgan fingerprint density at radius 3 is 2.81 bits per heavy atom. The number of carbonyl (C=O) groups is 1. The monoisotopic (exact) mass is 255 g/mol. The van der Waals surface area contributed by atoms with Gasteiger partial charge in [0.25, 0.3) is 5.91 Å². The topological polar surface area (TPSA) is 29.1 Å². The average molecular weight is 256 g/mol. The summed E-state index contributed by atoms with van der Waals surface area (Å²) in [6.07, 6.45) is 0. The molecule has 2 rings (SSSR count). The van der Waals surface area contributed by atoms with Crippen molar-refractivity contribution in [3.8, 4) is 0 Å². The van der Waals surface area contributed by atoms with Gasteiger partial charge >= 0.3 is 0 Å². The maximum atomic E-state index is 13.0. The summed E-state index contributed by atoms with van der Waals surface area (Å²) in [7, 11) is 0. The Balaban J connectivity index is 2.18. The first-order valence-corrected chi connectivity index (χ1v) is 5.72. The van der Waals surface area contributed by atoms with E-state index in [-0.39, 0.29) is 10.9 Å². The maximum Gasteiger partial charge on any atom is 0.265 e. The fraction of sp³-hybridized carbons (Fsp3) is 0. The van der Waals surface area contributed by atoms with E-state index in [1.165, 1.54) is 29.5 Å². The number of amides is 1. The zero-order valence-corrected chi connectivity index (χ0v) is 9.61. The summed E-state index contributed by atoms with van der Waals surface area (Å²) >= 11 is 6.99. The number of halogens is 2. The normalized spacial score (nSPS) is 10.1. The molecule has 16 heavy (non-hydrogen) atoms. The number of rotatable bonds is 2. The van der Waals surface area contributed by atoms with E-state index in [0.29, 0.717) is 10.6 Å². The summed E-state index contributed by atoms with van der Waals surface area (Å²) in [5, 5.41) is 4.62. The lowest BCUT2D eigenvalue weighted by Crippen LogP contribution is -2.10. The van der Waals surface area contributed by atoms with E-state index in [1.54, 1.807) is 17.5 Å². The van der Waals surface area contributed by atoms with Gasteiger partial charge in [0, 0.05) is 10.7 Å². The Labute approximate surface area is 101 Å². The van der Waals surface area contributed by atoms with Crippen LogP contribution < -0.4 is 5.32 Å². The SMILES string of the molecule is O=C(Nc1cc(F)cc(Cl)c1)c1cccs1. The van der Waals surface area contributed by atoms with Gasteiger partial charge in [0.1, 0.15) is 5.82 Å². The van der Waals surface area contributed by atoms with Crippen LogP contribution in [0.5, 0.6) is 0 Å². The molecule has 0 aliphatic carbocycles. The van der Waals surface area contributed by atoms with E-state index in [0.717, 1.165) is 0 Å². The quantitative estimate of drug-likeness (QED) is 0.869. The fourth-order valence-corrected chi connectivity index (χ4v) is 2.07. The van der Waals surface area contributed by atoms with Crippen LogP contribution in [0, 0.1) is 5.82 Å². The maximum absolute atomic E-state index is 13.0. The molecule has 1 aromatic heterocycles. The molecule has 0 unspecified atom stereocenters. The lowest BCUT2D eigenvalue weighted by Gasteiger charge is -2.04. The van der Waals surface area contributed by atoms with Crippen LogP contribution in [0.4, 0.5) is 10.1 Å². The highest BCUT2D eigenvalue weighted by Crippen LogP contribution is 2.19. The van der Waals surface area contributed by atoms with Gasteiger partial charge in [-0.05, 0) is 29.6 Å². The standard InChI is InChI=1S/C11H7ClFNOS/c12-7-4-8(13)6-9(5-7)14-11(15)10-2-1-3-16-10/h1-6H,(H,14,15). The largest absolute Gasteiger partial charge is 0.321 e. The summed E-state index contributed by atoms with van der Waals surface area (Å²) in [4.78, 5) is 12.2. The summed E-state index contributed by atoms with van der Waals surface area (Å²) in [6, 6.07) is 7.37. The van der Waals surface area contributed by atoms with Gasteiger partial charge in [-0.1, -0.05) is 17.7 Å². The molecule has 1 N–H and O–H groups in total. The number of thiophene rings is 1. The minimum Gasteiger partial charge on any atom is -0.321 e. The van der Waals surface area contributed by atoms with Gasteiger partial charge in [0.15, 0.2) is 0 Å². The van der Waals surface area contributed by atoms with Gasteiger partial charge in [-0.25, -0.2) is 4.39 Å². The molecule has 0 saturated heterocycles. The van der Waals surface area contributed by atoms with E-state index in [2.05, 4.69) is 5.32 Å². The molecule has 0 spiro atoms. The van der Waals surface area contributed by atoms with Crippen molar-refractivity contribution in [3.63, 3.8) is 0 Å². The lowest BCUT2D eigenvalue weighted by molar-refractivity contribution is 0.103. The second-order valence-corrected chi connectivity index (χ2v) is 4.47. The van der Waals surface area contributed by atoms with Crippen LogP contribution in [0.25, 0.3) is 0 Å². The number of hydrogen-bond acceptors (Lipinski definition) is 2. The van der Waals surface area contributed by atoms with Crippen LogP contribution in [0.3, 0.4) is 0 Å². The molecule has 0 bridgehead atoms. The molecule has 82 valence electrons. The minimum absolute atomic E-state index is 0.251. The molecule has 1 heterocycles. The van der Waals surface area contributed by atoms with Crippen LogP contribution in [0.2, 0.25) is 5.02 Å². The van der Waals surface area contributed by atoms with E-state index >= 15 is 0 Å². The minimum atomic E-state index is -0.478. The van der Waals surface area contributed by atoms with Crippen molar-refractivity contribution < 1.29 is 9.18 Å². The summed E-state index contributed by atoms with van der Waals surface area (Å²) in [5.41, 5.74) is 0.350. The van der Waals surface area contributed by atoms with E-state index in [9.17, 15) is 9.18 Å². The van der Waals surface area contributed by atoms with Crippen LogP contribution in [-0.4, -0.2) is 5.91 Å². The third-order valence-electron chi connectivity index (χ3n) is 1.87. The molecule has 0 aliphatic heterocycles. The molecule has 2 aromatic rings. The first kappa shape index (κ1) is 11.1. The molecule has 0 fully saturated rings. The molecule has 0 atom stereocenters. The van der Waals surface area contributed by atoms with E-state index in [4.69, 9.17) is 11.6 Å². The summed E-state index contributed by atoms with van der Waals surface area (Å²) in [5.74, 6) is -0.745. The van der Waals surface area contributed by atoms with Crippen LogP contribution in [0.1, 0.15) is 9.67 Å². The molecule has 2 nitrogen and oxygen atoms in total. The first-order valence-electron chi connectivity index (χ1n) is 4.46. The molecule has 5 heteroatoms. The van der Waals surface area contributed by atoms with Crippen molar-refractivity contribution >= 4 is 34.5 Å². The number of benzene rings is 1. The summed E-state index contributed by atoms with van der Waals surface area (Å²) < 4.78 is 13.0. The highest BCUT2D eigenvalue weighted by Gasteiger charge is 2.07. The summed E-state index contributed by atoms with van der Waals surface area (Å²) in [6.45, 7) is 0. The van der Waals surface area contributed by atoms with Gasteiger partial charge in [0.05, 0.1) is 4.88 Å². The Morgan fingerprint density at radius 1 is 1.38 bits per heavy atom. The number of hydrogen-bond donors (Lipinski definition) is 1. The van der Waals surface area contributed by atoms with Gasteiger partial charge in [0.2, 0.25) is 0 Å². The molecular formula is C11H7ClFNOS. The van der Waals surface area contributed by atoms with Crippen molar-refractivity contribution in [3.05, 3.63) is 51.4 Å². The number of nitrogens with one attached hydrogen (secondary N) is 1. The van der Waals surface area contributed by atoms with Gasteiger partial charge in [-0.15, -0.1) is 11.3 Å². The molecule has 1 aromatic carbocycles. The van der Waals surface area contributed by atoms with Crippen LogP contribution >= 0.6 is 22.9 Å². The predicted octanol–water partition coefficient (Wildman–Crippen LogP) is 3.79. The highest BCUT2D eigenvalue weighted by atomic mass is 35.5. The van der Waals surface area contributed by atoms with Crippen molar-refractivity contribution in [1.29, 1.82) is 0 Å². The van der Waals surface area contributed by atoms with Crippen molar-refractivity contribution in [1.82, 2.24) is 0 Å². The average Bonchev–Trinajstić information content (AvgIpc) is 2.68. The smallest absolute Gasteiger partial charge is 0.265 e. The number of carbonyl (C=O) groups excluding carboxylic acids is 1. The Bertz CT molecular complexity index is 492.